The van der Waals surface area contributed by atoms with Gasteiger partial charge in [-0.25, -0.2) is 4.79 Å². The van der Waals surface area contributed by atoms with Crippen LogP contribution in [0.2, 0.25) is 5.02 Å². The van der Waals surface area contributed by atoms with Crippen molar-refractivity contribution in [2.45, 2.75) is 6.42 Å². The lowest BCUT2D eigenvalue weighted by atomic mass is 10.1. The van der Waals surface area contributed by atoms with Gasteiger partial charge >= 0.3 is 5.97 Å². The monoisotopic (exact) mass is 252 g/mol. The molecule has 0 aliphatic carbocycles. The largest absolute Gasteiger partial charge is 0.477 e. The van der Waals surface area contributed by atoms with Crippen molar-refractivity contribution in [2.75, 3.05) is 0 Å². The van der Waals surface area contributed by atoms with Crippen LogP contribution in [0.3, 0.4) is 0 Å². The molecule has 0 aliphatic rings. The Labute approximate surface area is 102 Å². The summed E-state index contributed by atoms with van der Waals surface area (Å²) in [5, 5.41) is 11.0. The predicted octanol–water partition coefficient (Wildman–Crippen LogP) is 3.69. The summed E-state index contributed by atoms with van der Waals surface area (Å²) in [5.41, 5.74) is 1.99. The van der Waals surface area contributed by atoms with Gasteiger partial charge in [-0.15, -0.1) is 11.3 Å². The zero-order chi connectivity index (χ0) is 11.5. The van der Waals surface area contributed by atoms with E-state index in [9.17, 15) is 4.79 Å². The number of benzene rings is 1. The smallest absolute Gasteiger partial charge is 0.347 e. The maximum absolute atomic E-state index is 10.8. The van der Waals surface area contributed by atoms with Crippen molar-refractivity contribution in [1.82, 2.24) is 0 Å². The molecule has 0 bridgehead atoms. The zero-order valence-electron chi connectivity index (χ0n) is 8.31. The van der Waals surface area contributed by atoms with Crippen LogP contribution >= 0.6 is 22.9 Å². The van der Waals surface area contributed by atoms with Crippen molar-refractivity contribution >= 4 is 28.9 Å². The van der Waals surface area contributed by atoms with E-state index in [4.69, 9.17) is 16.7 Å². The highest BCUT2D eigenvalue weighted by Crippen LogP contribution is 2.29. The molecule has 82 valence electrons. The van der Waals surface area contributed by atoms with Gasteiger partial charge in [0.2, 0.25) is 0 Å². The first-order valence-electron chi connectivity index (χ1n) is 4.71. The second kappa shape index (κ2) is 4.68. The van der Waals surface area contributed by atoms with Crippen LogP contribution in [0.15, 0.2) is 35.7 Å². The van der Waals surface area contributed by atoms with Crippen molar-refractivity contribution in [3.8, 4) is 0 Å². The minimum atomic E-state index is -0.964. The molecule has 0 fully saturated rings. The molecule has 0 atom stereocenters. The summed E-state index contributed by atoms with van der Waals surface area (Å²) in [7, 11) is 0. The Morgan fingerprint density at radius 2 is 2.00 bits per heavy atom. The van der Waals surface area contributed by atoms with Crippen LogP contribution in [-0.4, -0.2) is 11.1 Å². The van der Waals surface area contributed by atoms with Gasteiger partial charge in [0, 0.05) is 0 Å². The van der Waals surface area contributed by atoms with Gasteiger partial charge in [-0.2, -0.15) is 0 Å². The Bertz CT molecular complexity index is 505. The fourth-order valence-electron chi connectivity index (χ4n) is 1.46. The number of carbonyl (C=O) groups is 1. The van der Waals surface area contributed by atoms with Gasteiger partial charge in [-0.3, -0.25) is 0 Å². The van der Waals surface area contributed by atoms with Crippen LogP contribution in [0.4, 0.5) is 0 Å². The molecular formula is C12H9ClO2S. The number of carboxylic acid groups (broad SMARTS) is 1. The highest BCUT2D eigenvalue weighted by atomic mass is 35.5. The normalized spacial score (nSPS) is 10.3. The van der Waals surface area contributed by atoms with Crippen LogP contribution in [0, 0.1) is 0 Å². The molecule has 0 spiro atoms. The number of carboxylic acids is 1. The summed E-state index contributed by atoms with van der Waals surface area (Å²) in [6, 6.07) is 9.84. The molecule has 0 unspecified atom stereocenters. The molecule has 1 heterocycles. The number of hydrogen-bond donors (Lipinski definition) is 1. The standard InChI is InChI=1S/C12H9ClO2S/c13-10-9(7-16-11(10)12(14)15)6-8-4-2-1-3-5-8/h1-5,7H,6H2,(H,14,15). The van der Waals surface area contributed by atoms with Crippen molar-refractivity contribution in [2.24, 2.45) is 0 Å². The Morgan fingerprint density at radius 3 is 2.56 bits per heavy atom. The van der Waals surface area contributed by atoms with E-state index in [1.165, 1.54) is 11.3 Å². The third-order valence-electron chi connectivity index (χ3n) is 2.23. The lowest BCUT2D eigenvalue weighted by Gasteiger charge is -1.99. The van der Waals surface area contributed by atoms with Gasteiger partial charge in [0.25, 0.3) is 0 Å². The summed E-state index contributed by atoms with van der Waals surface area (Å²) in [6.45, 7) is 0. The second-order valence-electron chi connectivity index (χ2n) is 3.37. The van der Waals surface area contributed by atoms with Crippen LogP contribution in [0.5, 0.6) is 0 Å². The first-order valence-corrected chi connectivity index (χ1v) is 5.97. The second-order valence-corrected chi connectivity index (χ2v) is 4.63. The molecule has 1 N–H and O–H groups in total. The molecule has 1 aromatic heterocycles. The molecule has 2 aromatic rings. The zero-order valence-corrected chi connectivity index (χ0v) is 9.89. The fourth-order valence-corrected chi connectivity index (χ4v) is 2.66. The van der Waals surface area contributed by atoms with Crippen LogP contribution in [0.25, 0.3) is 0 Å². The van der Waals surface area contributed by atoms with Gasteiger partial charge in [-0.05, 0) is 22.9 Å². The lowest BCUT2D eigenvalue weighted by Crippen LogP contribution is -1.93. The first kappa shape index (κ1) is 11.2. The fraction of sp³-hybridized carbons (Fsp3) is 0.0833. The van der Waals surface area contributed by atoms with E-state index in [0.717, 1.165) is 11.1 Å². The van der Waals surface area contributed by atoms with E-state index in [-0.39, 0.29) is 4.88 Å². The van der Waals surface area contributed by atoms with E-state index < -0.39 is 5.97 Å². The van der Waals surface area contributed by atoms with E-state index in [1.54, 1.807) is 5.38 Å². The summed E-state index contributed by atoms with van der Waals surface area (Å²) in [5.74, 6) is -0.964. The Balaban J connectivity index is 2.26. The van der Waals surface area contributed by atoms with Gasteiger partial charge in [-0.1, -0.05) is 41.9 Å². The van der Waals surface area contributed by atoms with Crippen LogP contribution < -0.4 is 0 Å². The van der Waals surface area contributed by atoms with Crippen molar-refractivity contribution < 1.29 is 9.90 Å². The SMILES string of the molecule is O=C(O)c1scc(Cc2ccccc2)c1Cl. The van der Waals surface area contributed by atoms with Crippen molar-refractivity contribution in [3.05, 3.63) is 56.7 Å². The number of rotatable bonds is 3. The quantitative estimate of drug-likeness (QED) is 0.905. The highest BCUT2D eigenvalue weighted by Gasteiger charge is 2.15. The minimum Gasteiger partial charge on any atom is -0.477 e. The van der Waals surface area contributed by atoms with Crippen LogP contribution in [-0.2, 0) is 6.42 Å². The predicted molar refractivity (Wildman–Crippen MR) is 65.5 cm³/mol. The average molecular weight is 253 g/mol. The number of halogens is 1. The Hall–Kier alpha value is -1.32. The van der Waals surface area contributed by atoms with Gasteiger partial charge in [0.1, 0.15) is 4.88 Å². The summed E-state index contributed by atoms with van der Waals surface area (Å²) >= 11 is 7.17. The van der Waals surface area contributed by atoms with Gasteiger partial charge in [0.15, 0.2) is 0 Å². The third kappa shape index (κ3) is 2.26. The number of aromatic carboxylic acids is 1. The molecule has 2 rings (SSSR count). The maximum atomic E-state index is 10.8. The van der Waals surface area contributed by atoms with E-state index in [1.807, 2.05) is 30.3 Å². The molecule has 0 amide bonds. The number of hydrogen-bond acceptors (Lipinski definition) is 2. The van der Waals surface area contributed by atoms with Gasteiger partial charge < -0.3 is 5.11 Å². The molecule has 1 aromatic carbocycles. The van der Waals surface area contributed by atoms with Crippen molar-refractivity contribution in [3.63, 3.8) is 0 Å². The summed E-state index contributed by atoms with van der Waals surface area (Å²) < 4.78 is 0. The molecule has 16 heavy (non-hydrogen) atoms. The summed E-state index contributed by atoms with van der Waals surface area (Å²) in [6.07, 6.45) is 0.670. The topological polar surface area (TPSA) is 37.3 Å². The molecule has 4 heteroatoms. The average Bonchev–Trinajstić information content (AvgIpc) is 2.62. The van der Waals surface area contributed by atoms with E-state index >= 15 is 0 Å². The van der Waals surface area contributed by atoms with Gasteiger partial charge in [0.05, 0.1) is 5.02 Å². The lowest BCUT2D eigenvalue weighted by molar-refractivity contribution is 0.0702. The molecule has 0 saturated carbocycles. The maximum Gasteiger partial charge on any atom is 0.347 e. The van der Waals surface area contributed by atoms with E-state index in [2.05, 4.69) is 0 Å². The molecule has 0 aliphatic heterocycles. The molecule has 0 radical (unpaired) electrons. The van der Waals surface area contributed by atoms with Crippen LogP contribution in [0.1, 0.15) is 20.8 Å². The third-order valence-corrected chi connectivity index (χ3v) is 3.79. The summed E-state index contributed by atoms with van der Waals surface area (Å²) in [4.78, 5) is 11.0. The van der Waals surface area contributed by atoms with Crippen molar-refractivity contribution in [1.29, 1.82) is 0 Å². The minimum absolute atomic E-state index is 0.215. The molecular weight excluding hydrogens is 244 g/mol. The molecule has 0 saturated heterocycles. The first-order chi connectivity index (χ1) is 7.68. The molecule has 2 nitrogen and oxygen atoms in total. The Morgan fingerprint density at radius 1 is 1.31 bits per heavy atom. The Kier molecular flexibility index (Phi) is 3.27. The van der Waals surface area contributed by atoms with E-state index in [0.29, 0.717) is 11.4 Å². The number of thiophene rings is 1. The highest BCUT2D eigenvalue weighted by molar-refractivity contribution is 7.12.